The second-order valence-corrected chi connectivity index (χ2v) is 4.72. The van der Waals surface area contributed by atoms with Gasteiger partial charge in [-0.2, -0.15) is 0 Å². The summed E-state index contributed by atoms with van der Waals surface area (Å²) in [5.41, 5.74) is 7.03. The summed E-state index contributed by atoms with van der Waals surface area (Å²) in [6.07, 6.45) is 0. The number of halogens is 3. The number of nitrogens with two attached hydrogens (primary N) is 1. The quantitative estimate of drug-likeness (QED) is 0.832. The van der Waals surface area contributed by atoms with Crippen LogP contribution in [0.1, 0.15) is 21.5 Å². The van der Waals surface area contributed by atoms with Crippen LogP contribution < -0.4 is 11.1 Å². The molecule has 0 atom stereocenters. The number of amides is 1. The van der Waals surface area contributed by atoms with Gasteiger partial charge >= 0.3 is 0 Å². The van der Waals surface area contributed by atoms with Crippen LogP contribution in [0.5, 0.6) is 0 Å². The molecule has 0 bridgehead atoms. The highest BCUT2D eigenvalue weighted by molar-refractivity contribution is 6.06. The first-order valence-corrected chi connectivity index (χ1v) is 6.12. The van der Waals surface area contributed by atoms with Gasteiger partial charge in [-0.1, -0.05) is 6.07 Å². The van der Waals surface area contributed by atoms with Crippen LogP contribution in [0.4, 0.5) is 24.5 Å². The number of nitrogen functional groups attached to an aromatic ring is 1. The molecule has 0 spiro atoms. The van der Waals surface area contributed by atoms with Crippen molar-refractivity contribution >= 4 is 17.3 Å². The topological polar surface area (TPSA) is 55.1 Å². The van der Waals surface area contributed by atoms with Gasteiger partial charge in [-0.3, -0.25) is 4.79 Å². The number of anilines is 2. The lowest BCUT2D eigenvalue weighted by atomic mass is 10.0. The zero-order valence-electron chi connectivity index (χ0n) is 11.4. The summed E-state index contributed by atoms with van der Waals surface area (Å²) >= 11 is 0. The summed E-state index contributed by atoms with van der Waals surface area (Å²) in [6.45, 7) is 3.46. The highest BCUT2D eigenvalue weighted by Gasteiger charge is 2.17. The van der Waals surface area contributed by atoms with E-state index in [9.17, 15) is 18.0 Å². The molecule has 21 heavy (non-hydrogen) atoms. The lowest BCUT2D eigenvalue weighted by molar-refractivity contribution is 0.102. The Morgan fingerprint density at radius 3 is 2.14 bits per heavy atom. The van der Waals surface area contributed by atoms with Crippen molar-refractivity contribution < 1.29 is 18.0 Å². The van der Waals surface area contributed by atoms with Crippen LogP contribution in [-0.4, -0.2) is 5.91 Å². The predicted molar refractivity (Wildman–Crippen MR) is 74.6 cm³/mol. The van der Waals surface area contributed by atoms with Crippen LogP contribution in [0.25, 0.3) is 0 Å². The Balaban J connectivity index is 2.37. The number of carbonyl (C=O) groups excluding carboxylic acids is 1. The molecule has 2 aromatic carbocycles. The molecule has 0 aliphatic rings. The van der Waals surface area contributed by atoms with E-state index in [1.807, 2.05) is 0 Å². The molecular weight excluding hydrogens is 281 g/mol. The third-order valence-electron chi connectivity index (χ3n) is 3.10. The average molecular weight is 294 g/mol. The maximum atomic E-state index is 13.5. The Bertz CT molecular complexity index is 706. The van der Waals surface area contributed by atoms with Gasteiger partial charge in [0, 0.05) is 23.4 Å². The van der Waals surface area contributed by atoms with Gasteiger partial charge < -0.3 is 11.1 Å². The molecule has 110 valence electrons. The molecule has 0 fully saturated rings. The highest BCUT2D eigenvalue weighted by atomic mass is 19.1. The Hall–Kier alpha value is -2.50. The van der Waals surface area contributed by atoms with Crippen molar-refractivity contribution in [1.29, 1.82) is 0 Å². The summed E-state index contributed by atoms with van der Waals surface area (Å²) in [7, 11) is 0. The molecular formula is C15H13F3N2O. The smallest absolute Gasteiger partial charge is 0.256 e. The standard InChI is InChI=1S/C15H13F3N2O/c1-7-3-8(2)13(19)6-10(7)15(21)20-14-11(17)4-9(16)5-12(14)18/h3-6H,19H2,1-2H3,(H,20,21). The molecule has 0 aliphatic carbocycles. The summed E-state index contributed by atoms with van der Waals surface area (Å²) in [5, 5.41) is 2.10. The first-order valence-electron chi connectivity index (χ1n) is 6.12. The fourth-order valence-electron chi connectivity index (χ4n) is 1.96. The number of hydrogen-bond acceptors (Lipinski definition) is 2. The fourth-order valence-corrected chi connectivity index (χ4v) is 1.96. The predicted octanol–water partition coefficient (Wildman–Crippen LogP) is 3.56. The summed E-state index contributed by atoms with van der Waals surface area (Å²) in [4.78, 5) is 12.1. The molecule has 0 aromatic heterocycles. The lowest BCUT2D eigenvalue weighted by Crippen LogP contribution is -2.16. The molecule has 1 amide bonds. The molecule has 3 N–H and O–H groups in total. The SMILES string of the molecule is Cc1cc(C)c(C(=O)Nc2c(F)cc(F)cc2F)cc1N. The second-order valence-electron chi connectivity index (χ2n) is 4.72. The van der Waals surface area contributed by atoms with E-state index in [-0.39, 0.29) is 5.56 Å². The van der Waals surface area contributed by atoms with Gasteiger partial charge in [0.05, 0.1) is 0 Å². The Morgan fingerprint density at radius 1 is 1.00 bits per heavy atom. The van der Waals surface area contributed by atoms with Crippen LogP contribution in [0.15, 0.2) is 24.3 Å². The largest absolute Gasteiger partial charge is 0.398 e. The number of rotatable bonds is 2. The maximum absolute atomic E-state index is 13.5. The van der Waals surface area contributed by atoms with Crippen molar-refractivity contribution in [2.45, 2.75) is 13.8 Å². The Kier molecular flexibility index (Phi) is 3.88. The lowest BCUT2D eigenvalue weighted by Gasteiger charge is -2.11. The number of carbonyl (C=O) groups is 1. The van der Waals surface area contributed by atoms with Gasteiger partial charge in [-0.05, 0) is 31.0 Å². The van der Waals surface area contributed by atoms with Crippen molar-refractivity contribution in [3.8, 4) is 0 Å². The summed E-state index contributed by atoms with van der Waals surface area (Å²) in [5.74, 6) is -4.14. The van der Waals surface area contributed by atoms with Crippen molar-refractivity contribution in [2.75, 3.05) is 11.1 Å². The number of nitrogens with one attached hydrogen (secondary N) is 1. The number of aryl methyl sites for hydroxylation is 2. The third kappa shape index (κ3) is 2.99. The molecule has 0 saturated heterocycles. The van der Waals surface area contributed by atoms with E-state index in [0.29, 0.717) is 23.4 Å². The molecule has 0 heterocycles. The average Bonchev–Trinajstić information content (AvgIpc) is 2.37. The number of benzene rings is 2. The maximum Gasteiger partial charge on any atom is 0.256 e. The number of hydrogen-bond donors (Lipinski definition) is 2. The van der Waals surface area contributed by atoms with Crippen molar-refractivity contribution in [3.63, 3.8) is 0 Å². The second kappa shape index (κ2) is 5.47. The van der Waals surface area contributed by atoms with Crippen molar-refractivity contribution in [2.24, 2.45) is 0 Å². The molecule has 3 nitrogen and oxygen atoms in total. The molecule has 0 radical (unpaired) electrons. The third-order valence-corrected chi connectivity index (χ3v) is 3.10. The van der Waals surface area contributed by atoms with Crippen LogP contribution in [0, 0.1) is 31.3 Å². The zero-order chi connectivity index (χ0) is 15.7. The Morgan fingerprint density at radius 2 is 1.57 bits per heavy atom. The van der Waals surface area contributed by atoms with Gasteiger partial charge in [-0.15, -0.1) is 0 Å². The molecule has 6 heteroatoms. The molecule has 0 aliphatic heterocycles. The van der Waals surface area contributed by atoms with Gasteiger partial charge in [0.15, 0.2) is 11.6 Å². The van der Waals surface area contributed by atoms with Gasteiger partial charge in [0.2, 0.25) is 0 Å². The van der Waals surface area contributed by atoms with E-state index >= 15 is 0 Å². The van der Waals surface area contributed by atoms with Crippen LogP contribution in [0.2, 0.25) is 0 Å². The first kappa shape index (κ1) is 14.9. The molecule has 0 saturated carbocycles. The summed E-state index contributed by atoms with van der Waals surface area (Å²) in [6, 6.07) is 4.12. The van der Waals surface area contributed by atoms with E-state index in [2.05, 4.69) is 5.32 Å². The Labute approximate surface area is 119 Å². The van der Waals surface area contributed by atoms with E-state index < -0.39 is 29.0 Å². The normalized spacial score (nSPS) is 10.5. The molecule has 0 unspecified atom stereocenters. The minimum Gasteiger partial charge on any atom is -0.398 e. The van der Waals surface area contributed by atoms with Crippen LogP contribution >= 0.6 is 0 Å². The van der Waals surface area contributed by atoms with Crippen LogP contribution in [-0.2, 0) is 0 Å². The van der Waals surface area contributed by atoms with Crippen molar-refractivity contribution in [1.82, 2.24) is 0 Å². The van der Waals surface area contributed by atoms with Crippen molar-refractivity contribution in [3.05, 3.63) is 58.4 Å². The van der Waals surface area contributed by atoms with E-state index in [1.165, 1.54) is 6.07 Å². The molecule has 2 aromatic rings. The monoisotopic (exact) mass is 294 g/mol. The van der Waals surface area contributed by atoms with E-state index in [1.54, 1.807) is 19.9 Å². The first-order chi connectivity index (χ1) is 9.79. The fraction of sp³-hybridized carbons (Fsp3) is 0.133. The van der Waals surface area contributed by atoms with Gasteiger partial charge in [0.1, 0.15) is 11.5 Å². The van der Waals surface area contributed by atoms with Crippen LogP contribution in [0.3, 0.4) is 0 Å². The highest BCUT2D eigenvalue weighted by Crippen LogP contribution is 2.23. The minimum absolute atomic E-state index is 0.196. The summed E-state index contributed by atoms with van der Waals surface area (Å²) < 4.78 is 39.8. The minimum atomic E-state index is -1.18. The molecule has 2 rings (SSSR count). The van der Waals surface area contributed by atoms with Gasteiger partial charge in [0.25, 0.3) is 5.91 Å². The zero-order valence-corrected chi connectivity index (χ0v) is 11.4. The van der Waals surface area contributed by atoms with E-state index in [4.69, 9.17) is 5.73 Å². The van der Waals surface area contributed by atoms with E-state index in [0.717, 1.165) is 5.56 Å². The van der Waals surface area contributed by atoms with Gasteiger partial charge in [-0.25, -0.2) is 13.2 Å².